The molecule has 500 valence electrons. The normalized spacial score (nSPS) is 15.0. The van der Waals surface area contributed by atoms with Crippen LogP contribution in [0.15, 0.2) is 24.8 Å². The molecule has 0 amide bonds. The summed E-state index contributed by atoms with van der Waals surface area (Å²) in [5.41, 5.74) is 0. The molecule has 84 heavy (non-hydrogen) atoms. The fourth-order valence-electron chi connectivity index (χ4n) is 10.5. The first-order chi connectivity index (χ1) is 39.1. The van der Waals surface area contributed by atoms with Crippen molar-refractivity contribution in [2.45, 2.75) is 310 Å². The second-order valence-corrected chi connectivity index (χ2v) is 30.4. The van der Waals surface area contributed by atoms with Gasteiger partial charge in [-0.05, 0) is 51.4 Å². The van der Waals surface area contributed by atoms with Crippen LogP contribution < -0.4 is 35.8 Å². The third-order valence-electron chi connectivity index (χ3n) is 14.8. The molecule has 2 atom stereocenters. The van der Waals surface area contributed by atoms with Crippen LogP contribution in [0.5, 0.6) is 0 Å². The summed E-state index contributed by atoms with van der Waals surface area (Å²) in [4.78, 5) is 10.1. The van der Waals surface area contributed by atoms with Gasteiger partial charge in [0.1, 0.15) is 12.3 Å². The fourth-order valence-corrected chi connectivity index (χ4v) is 14.5. The molecule has 0 aromatic carbocycles. The Labute approximate surface area is 542 Å². The van der Waals surface area contributed by atoms with Gasteiger partial charge in [0.2, 0.25) is 0 Å². The average Bonchev–Trinajstić information content (AvgIpc) is 3.97. The Morgan fingerprint density at radius 2 is 0.464 bits per heavy atom. The van der Waals surface area contributed by atoms with E-state index in [1.54, 1.807) is 0 Å². The second-order valence-electron chi connectivity index (χ2n) is 23.3. The zero-order chi connectivity index (χ0) is 61.6. The van der Waals surface area contributed by atoms with E-state index in [-0.39, 0.29) is 35.8 Å². The number of hydrogen-bond donors (Lipinski definition) is 2. The van der Waals surface area contributed by atoms with Gasteiger partial charge in [0.15, 0.2) is 0 Å². The summed E-state index contributed by atoms with van der Waals surface area (Å²) in [7, 11) is -15.0. The first kappa shape index (κ1) is 89.8. The monoisotopic (exact) mass is 1330 g/mol. The van der Waals surface area contributed by atoms with Crippen LogP contribution in [0.4, 0.5) is 0 Å². The molecule has 0 aromatic rings. The fraction of sp³-hybridized carbons (Fsp3) is 0.935. The number of nitrogens with zero attached hydrogens (tertiary/aromatic N) is 6. The topological polar surface area (TPSA) is 218 Å². The van der Waals surface area contributed by atoms with E-state index >= 15 is 0 Å². The Kier molecular flexibility index (Phi) is 64.1. The second kappa shape index (κ2) is 60.0. The molecule has 2 rings (SSSR count). The first-order valence-electron chi connectivity index (χ1n) is 33.0. The van der Waals surface area contributed by atoms with E-state index in [0.717, 1.165) is 25.9 Å². The number of aliphatic hydroxyl groups is 2. The summed E-state index contributed by atoms with van der Waals surface area (Å²) in [5, 5.41) is 18.5. The quantitative estimate of drug-likeness (QED) is 0.0428. The molecule has 2 N–H and O–H groups in total. The molecular formula is C62H128BrLiN6O10S4-2. The van der Waals surface area contributed by atoms with Gasteiger partial charge in [-0.15, -0.1) is 0 Å². The van der Waals surface area contributed by atoms with Gasteiger partial charge in [0.05, 0.1) is 40.1 Å². The minimum absolute atomic E-state index is 0. The summed E-state index contributed by atoms with van der Waals surface area (Å²) in [6.07, 6.45) is 70.7. The molecule has 0 bridgehead atoms. The van der Waals surface area contributed by atoms with Gasteiger partial charge in [-0.1, -0.05) is 246 Å². The molecule has 2 unspecified atom stereocenters. The Morgan fingerprint density at radius 1 is 0.298 bits per heavy atom. The van der Waals surface area contributed by atoms with Crippen molar-refractivity contribution in [3.63, 3.8) is 0 Å². The van der Waals surface area contributed by atoms with E-state index in [1.165, 1.54) is 270 Å². The summed E-state index contributed by atoms with van der Waals surface area (Å²) in [5.74, 6) is 0. The number of rotatable bonds is 52. The number of sulfonamides is 4. The standard InChI is InChI=1S/2C29H58N2O.2C2H6NO4S2.BrH.Li/c2*1-3-5-7-9-11-13-15-17-19-21-24-30-26-27-31(25-22-28-32)29(30)23-20-18-16-14-12-10-8-6-4-2;2*1-8(4,5)3-9(2,6)7;;/h2*26-27,29,32H,3-25,28H2,1-2H3;2*1-2H3;1H;/q;;2*-1;;+1/p-1. The van der Waals surface area contributed by atoms with Crippen molar-refractivity contribution in [3.8, 4) is 0 Å². The van der Waals surface area contributed by atoms with Crippen LogP contribution in [0, 0.1) is 0 Å². The van der Waals surface area contributed by atoms with Gasteiger partial charge >= 0.3 is 18.9 Å². The Balaban J connectivity index is -0.000000578. The maximum absolute atomic E-state index is 10.1. The van der Waals surface area contributed by atoms with Gasteiger partial charge in [0.25, 0.3) is 0 Å². The summed E-state index contributed by atoms with van der Waals surface area (Å²) in [6, 6.07) is 0. The van der Waals surface area contributed by atoms with Crippen molar-refractivity contribution in [1.82, 2.24) is 19.6 Å². The molecule has 2 aliphatic rings. The first-order valence-corrected chi connectivity index (χ1v) is 40.4. The zero-order valence-corrected chi connectivity index (χ0v) is 60.1. The number of aliphatic hydroxyl groups excluding tert-OH is 2. The van der Waals surface area contributed by atoms with Crippen LogP contribution in [0.2, 0.25) is 0 Å². The van der Waals surface area contributed by atoms with Crippen LogP contribution in [0.25, 0.3) is 8.25 Å². The molecule has 0 fully saturated rings. The zero-order valence-electron chi connectivity index (χ0n) is 55.3. The van der Waals surface area contributed by atoms with Crippen molar-refractivity contribution in [1.29, 1.82) is 0 Å². The number of unbranched alkanes of at least 4 members (excludes halogenated alkanes) is 34. The largest absolute Gasteiger partial charge is 1.00 e. The van der Waals surface area contributed by atoms with E-state index in [9.17, 15) is 43.9 Å². The van der Waals surface area contributed by atoms with Gasteiger partial charge in [0, 0.05) is 89.2 Å². The van der Waals surface area contributed by atoms with E-state index in [4.69, 9.17) is 0 Å². The van der Waals surface area contributed by atoms with Crippen LogP contribution in [-0.2, 0) is 40.1 Å². The molecule has 0 spiro atoms. The van der Waals surface area contributed by atoms with Crippen LogP contribution in [0.3, 0.4) is 0 Å². The van der Waals surface area contributed by atoms with Crippen molar-refractivity contribution in [3.05, 3.63) is 33.1 Å². The van der Waals surface area contributed by atoms with Gasteiger partial charge in [-0.2, -0.15) is 0 Å². The molecule has 16 nitrogen and oxygen atoms in total. The van der Waals surface area contributed by atoms with Crippen LogP contribution in [0.1, 0.15) is 297 Å². The Bertz CT molecular complexity index is 1760. The predicted molar refractivity (Wildman–Crippen MR) is 350 cm³/mol. The molecule has 0 aliphatic carbocycles. The summed E-state index contributed by atoms with van der Waals surface area (Å²) >= 11 is 0. The molecule has 0 radical (unpaired) electrons. The third-order valence-corrected chi connectivity index (χ3v) is 19.1. The average molecular weight is 1330 g/mol. The summed E-state index contributed by atoms with van der Waals surface area (Å²) in [6.45, 7) is 14.2. The number of halogens is 1. The number of hydrogen-bond acceptors (Lipinski definition) is 14. The van der Waals surface area contributed by atoms with Crippen LogP contribution >= 0.6 is 0 Å². The molecule has 0 saturated heterocycles. The predicted octanol–water partition coefficient (Wildman–Crippen LogP) is 9.82. The van der Waals surface area contributed by atoms with Gasteiger partial charge in [-0.25, -0.2) is 33.7 Å². The third kappa shape index (κ3) is 63.0. The van der Waals surface area contributed by atoms with Crippen molar-refractivity contribution >= 4 is 40.1 Å². The minimum atomic E-state index is -3.74. The molecule has 2 aliphatic heterocycles. The van der Waals surface area contributed by atoms with E-state index in [0.29, 0.717) is 50.6 Å². The van der Waals surface area contributed by atoms with Gasteiger partial charge in [-0.3, -0.25) is 0 Å². The molecule has 22 heteroatoms. The maximum atomic E-state index is 10.1. The van der Waals surface area contributed by atoms with Crippen molar-refractivity contribution in [2.24, 2.45) is 0 Å². The van der Waals surface area contributed by atoms with E-state index in [1.807, 2.05) is 0 Å². The van der Waals surface area contributed by atoms with Crippen molar-refractivity contribution < 1.29 is 79.7 Å². The Hall–Kier alpha value is -0.603. The smallest absolute Gasteiger partial charge is 1.00 e. The molecular weight excluding hydrogens is 1200 g/mol. The maximum Gasteiger partial charge on any atom is 1.00 e. The van der Waals surface area contributed by atoms with E-state index < -0.39 is 40.1 Å². The molecule has 2 heterocycles. The summed E-state index contributed by atoms with van der Waals surface area (Å²) < 4.78 is 85.8. The van der Waals surface area contributed by atoms with E-state index in [2.05, 4.69) is 80.3 Å². The van der Waals surface area contributed by atoms with Gasteiger partial charge < -0.3 is 55.0 Å². The van der Waals surface area contributed by atoms with Crippen molar-refractivity contribution in [2.75, 3.05) is 64.4 Å². The minimum Gasteiger partial charge on any atom is -1.00 e. The SMILES string of the molecule is CCCCCCCCCCCCN1C=CN(CCCO)C1CCCCCCCCCCC.CCCCCCCCCCCCN1C=CN(CCCO)C1CCCCCCCCCCC.CS(=O)(=O)[N-]S(C)(=O)=O.CS(=O)(=O)[N-]S(C)(=O)=O.[Br-].[Li+]. The molecule has 0 saturated carbocycles. The molecule has 0 aromatic heterocycles. The van der Waals surface area contributed by atoms with Crippen LogP contribution in [-0.4, -0.2) is 140 Å². The Morgan fingerprint density at radius 3 is 0.631 bits per heavy atom.